The highest BCUT2D eigenvalue weighted by Crippen LogP contribution is 2.24. The van der Waals surface area contributed by atoms with E-state index in [1.165, 1.54) is 23.5 Å². The van der Waals surface area contributed by atoms with Gasteiger partial charge >= 0.3 is 0 Å². The second-order valence-electron chi connectivity index (χ2n) is 11.9. The van der Waals surface area contributed by atoms with Gasteiger partial charge in [-0.3, -0.25) is 24.2 Å². The second kappa shape index (κ2) is 17.1. The van der Waals surface area contributed by atoms with Crippen LogP contribution in [-0.4, -0.2) is 81.6 Å². The Morgan fingerprint density at radius 2 is 1.64 bits per heavy atom. The van der Waals surface area contributed by atoms with Gasteiger partial charge in [0.15, 0.2) is 0 Å². The number of hydrogen-bond acceptors (Lipinski definition) is 8. The first-order valence-electron chi connectivity index (χ1n) is 15.8. The maximum Gasteiger partial charge on any atom is 0.272 e. The number of hydrogen-bond donors (Lipinski definition) is 3. The third kappa shape index (κ3) is 9.76. The lowest BCUT2D eigenvalue weighted by molar-refractivity contribution is -0.143. The average molecular weight is 643 g/mol. The minimum absolute atomic E-state index is 0.0445. The largest absolute Gasteiger partial charge is 0.372 e. The number of amides is 4. The molecule has 1 aromatic heterocycles. The molecule has 1 saturated heterocycles. The van der Waals surface area contributed by atoms with Crippen molar-refractivity contribution in [3.05, 3.63) is 96.1 Å². The molecule has 0 bridgehead atoms. The number of carbonyl (C=O) groups is 5. The Kier molecular flexibility index (Phi) is 12.7. The monoisotopic (exact) mass is 642 g/mol. The highest BCUT2D eigenvalue weighted by atomic mass is 16.5. The van der Waals surface area contributed by atoms with Crippen LogP contribution in [0.1, 0.15) is 55.2 Å². The summed E-state index contributed by atoms with van der Waals surface area (Å²) >= 11 is 0. The zero-order valence-corrected chi connectivity index (χ0v) is 26.9. The van der Waals surface area contributed by atoms with Crippen molar-refractivity contribution in [2.75, 3.05) is 6.54 Å². The third-order valence-corrected chi connectivity index (χ3v) is 8.04. The molecule has 2 heterocycles. The first-order valence-corrected chi connectivity index (χ1v) is 15.8. The number of rotatable bonds is 15. The van der Waals surface area contributed by atoms with Gasteiger partial charge in [-0.15, -0.1) is 0 Å². The minimum atomic E-state index is -1.04. The molecule has 248 valence electrons. The molecule has 1 aliphatic rings. The van der Waals surface area contributed by atoms with Crippen LogP contribution in [0.4, 0.5) is 0 Å². The number of aldehydes is 1. The highest BCUT2D eigenvalue weighted by Gasteiger charge is 2.44. The van der Waals surface area contributed by atoms with Gasteiger partial charge in [-0.25, -0.2) is 4.98 Å². The van der Waals surface area contributed by atoms with E-state index in [0.29, 0.717) is 19.3 Å². The van der Waals surface area contributed by atoms with Crippen molar-refractivity contribution in [2.24, 2.45) is 5.92 Å². The number of aromatic nitrogens is 2. The zero-order valence-electron chi connectivity index (χ0n) is 26.9. The highest BCUT2D eigenvalue weighted by molar-refractivity contribution is 5.98. The van der Waals surface area contributed by atoms with Crippen LogP contribution in [0.5, 0.6) is 0 Å². The van der Waals surface area contributed by atoms with Gasteiger partial charge in [0.25, 0.3) is 5.91 Å². The normalized spacial score (nSPS) is 17.7. The first-order chi connectivity index (χ1) is 22.7. The molecule has 3 N–H and O–H groups in total. The van der Waals surface area contributed by atoms with Crippen molar-refractivity contribution in [1.29, 1.82) is 0 Å². The maximum absolute atomic E-state index is 14.2. The Balaban J connectivity index is 1.54. The molecule has 4 amide bonds. The molecule has 2 aromatic carbocycles. The van der Waals surface area contributed by atoms with Gasteiger partial charge in [-0.2, -0.15) is 0 Å². The molecule has 0 radical (unpaired) electrons. The zero-order chi connectivity index (χ0) is 33.8. The molecule has 3 aromatic rings. The van der Waals surface area contributed by atoms with Crippen LogP contribution in [0.3, 0.4) is 0 Å². The molecule has 0 aliphatic carbocycles. The summed E-state index contributed by atoms with van der Waals surface area (Å²) in [5.41, 5.74) is 1.79. The predicted octanol–water partition coefficient (Wildman–Crippen LogP) is 2.24. The number of carbonyl (C=O) groups excluding carboxylic acids is 5. The van der Waals surface area contributed by atoms with Gasteiger partial charge in [-0.05, 0) is 23.5 Å². The SMILES string of the molecule is CC[C@@H](C=O)NC(=O)[C@@H]1C[C@@H](OCc2ccccc2)CN1C(=O)[C@@H](NC(=O)[C@H](Cc1ccccc1)NC(=O)c1cnccn1)C(C)C. The Labute approximate surface area is 274 Å². The topological polar surface area (TPSA) is 160 Å². The molecule has 0 saturated carbocycles. The summed E-state index contributed by atoms with van der Waals surface area (Å²) in [6, 6.07) is 15.1. The molecule has 47 heavy (non-hydrogen) atoms. The summed E-state index contributed by atoms with van der Waals surface area (Å²) in [5, 5.41) is 8.32. The van der Waals surface area contributed by atoms with Crippen molar-refractivity contribution < 1.29 is 28.7 Å². The van der Waals surface area contributed by atoms with Crippen LogP contribution in [0, 0.1) is 5.92 Å². The Hall–Kier alpha value is -4.97. The van der Waals surface area contributed by atoms with Gasteiger partial charge < -0.3 is 30.4 Å². The summed E-state index contributed by atoms with van der Waals surface area (Å²) in [4.78, 5) is 75.4. The lowest BCUT2D eigenvalue weighted by atomic mass is 10.00. The maximum atomic E-state index is 14.2. The van der Waals surface area contributed by atoms with Crippen molar-refractivity contribution in [3.63, 3.8) is 0 Å². The quantitative estimate of drug-likeness (QED) is 0.213. The van der Waals surface area contributed by atoms with Gasteiger partial charge in [0.05, 0.1) is 24.9 Å². The van der Waals surface area contributed by atoms with E-state index in [1.54, 1.807) is 20.8 Å². The standard InChI is InChI=1S/C35H42N6O6/c1-4-26(21-42)38-34(45)30-18-27(47-22-25-13-9-6-10-14-25)20-41(30)35(46)31(23(2)3)40-32(43)28(17-24-11-7-5-8-12-24)39-33(44)29-19-36-15-16-37-29/h5-16,19,21,23,26-28,30-31H,4,17-18,20,22H2,1-3H3,(H,38,45)(H,39,44)(H,40,43)/t26-,27+,28-,30-,31-/m0/s1. The van der Waals surface area contributed by atoms with E-state index in [1.807, 2.05) is 60.7 Å². The van der Waals surface area contributed by atoms with Crippen LogP contribution < -0.4 is 16.0 Å². The minimum Gasteiger partial charge on any atom is -0.372 e. The van der Waals surface area contributed by atoms with Crippen LogP contribution in [0.25, 0.3) is 0 Å². The molecule has 5 atom stereocenters. The van der Waals surface area contributed by atoms with Gasteiger partial charge in [0.2, 0.25) is 17.7 Å². The fourth-order valence-electron chi connectivity index (χ4n) is 5.36. The van der Waals surface area contributed by atoms with Crippen molar-refractivity contribution >= 4 is 29.9 Å². The predicted molar refractivity (Wildman–Crippen MR) is 174 cm³/mol. The molecule has 0 spiro atoms. The van der Waals surface area contributed by atoms with Crippen molar-refractivity contribution in [2.45, 2.75) is 76.9 Å². The smallest absolute Gasteiger partial charge is 0.272 e. The summed E-state index contributed by atoms with van der Waals surface area (Å²) in [6.45, 7) is 5.78. The number of likely N-dealkylation sites (tertiary alicyclic amines) is 1. The first kappa shape index (κ1) is 34.9. The van der Waals surface area contributed by atoms with E-state index in [-0.39, 0.29) is 31.0 Å². The van der Waals surface area contributed by atoms with Crippen LogP contribution in [-0.2, 0) is 36.9 Å². The van der Waals surface area contributed by atoms with Crippen molar-refractivity contribution in [1.82, 2.24) is 30.8 Å². The Morgan fingerprint density at radius 1 is 0.957 bits per heavy atom. The van der Waals surface area contributed by atoms with E-state index in [4.69, 9.17) is 4.74 Å². The molecule has 12 nitrogen and oxygen atoms in total. The summed E-state index contributed by atoms with van der Waals surface area (Å²) in [7, 11) is 0. The Morgan fingerprint density at radius 3 is 2.23 bits per heavy atom. The molecular weight excluding hydrogens is 600 g/mol. The van der Waals surface area contributed by atoms with E-state index in [9.17, 15) is 24.0 Å². The van der Waals surface area contributed by atoms with E-state index in [2.05, 4.69) is 25.9 Å². The lowest BCUT2D eigenvalue weighted by Gasteiger charge is -2.31. The van der Waals surface area contributed by atoms with E-state index >= 15 is 0 Å². The van der Waals surface area contributed by atoms with Crippen LogP contribution >= 0.6 is 0 Å². The van der Waals surface area contributed by atoms with E-state index < -0.39 is 53.9 Å². The van der Waals surface area contributed by atoms with E-state index in [0.717, 1.165) is 11.1 Å². The molecule has 0 unspecified atom stereocenters. The fraction of sp³-hybridized carbons (Fsp3) is 0.400. The Bertz CT molecular complexity index is 1490. The lowest BCUT2D eigenvalue weighted by Crippen LogP contribution is -2.59. The molecule has 1 aliphatic heterocycles. The average Bonchev–Trinajstić information content (AvgIpc) is 3.53. The number of ether oxygens (including phenoxy) is 1. The number of nitrogens with zero attached hydrogens (tertiary/aromatic N) is 3. The molecule has 4 rings (SSSR count). The molecular formula is C35H42N6O6. The summed E-state index contributed by atoms with van der Waals surface area (Å²) < 4.78 is 6.13. The summed E-state index contributed by atoms with van der Waals surface area (Å²) in [5.74, 6) is -2.45. The van der Waals surface area contributed by atoms with Crippen molar-refractivity contribution in [3.8, 4) is 0 Å². The van der Waals surface area contributed by atoms with Crippen LogP contribution in [0.2, 0.25) is 0 Å². The molecule has 12 heteroatoms. The fourth-order valence-corrected chi connectivity index (χ4v) is 5.36. The molecule has 1 fully saturated rings. The third-order valence-electron chi connectivity index (χ3n) is 8.04. The van der Waals surface area contributed by atoms with Gasteiger partial charge in [0.1, 0.15) is 30.1 Å². The number of nitrogens with one attached hydrogen (secondary N) is 3. The van der Waals surface area contributed by atoms with Gasteiger partial charge in [-0.1, -0.05) is 81.4 Å². The summed E-state index contributed by atoms with van der Waals surface area (Å²) in [6.07, 6.45) is 5.12. The van der Waals surface area contributed by atoms with Crippen LogP contribution in [0.15, 0.2) is 79.3 Å². The van der Waals surface area contributed by atoms with Gasteiger partial charge in [0, 0.05) is 31.8 Å². The second-order valence-corrected chi connectivity index (χ2v) is 11.9. The number of benzene rings is 2.